The lowest BCUT2D eigenvalue weighted by molar-refractivity contribution is 0.586. The van der Waals surface area contributed by atoms with Crippen molar-refractivity contribution >= 4 is 15.5 Å². The van der Waals surface area contributed by atoms with Gasteiger partial charge in [-0.2, -0.15) is 0 Å². The van der Waals surface area contributed by atoms with Crippen molar-refractivity contribution in [3.05, 3.63) is 42.5 Å². The van der Waals surface area contributed by atoms with E-state index >= 15 is 0 Å². The fraction of sp³-hybridized carbons (Fsp3) is 0.385. The lowest BCUT2D eigenvalue weighted by Gasteiger charge is -2.09. The molecule has 3 nitrogen and oxygen atoms in total. The van der Waals surface area contributed by atoms with Crippen LogP contribution in [0, 0.1) is 0 Å². The molecule has 0 bridgehead atoms. The van der Waals surface area contributed by atoms with Gasteiger partial charge in [0.15, 0.2) is 9.84 Å². The summed E-state index contributed by atoms with van der Waals surface area (Å²) in [5.41, 5.74) is 1.73. The van der Waals surface area contributed by atoms with Gasteiger partial charge in [-0.25, -0.2) is 8.42 Å². The molecule has 0 atom stereocenters. The first kappa shape index (κ1) is 13.8. The highest BCUT2D eigenvalue weighted by atomic mass is 32.2. The maximum absolute atomic E-state index is 11.8. The molecular formula is C13H19NO2S. The lowest BCUT2D eigenvalue weighted by Crippen LogP contribution is -2.16. The van der Waals surface area contributed by atoms with Crippen LogP contribution in [0.4, 0.5) is 5.69 Å². The molecule has 0 aliphatic heterocycles. The zero-order valence-corrected chi connectivity index (χ0v) is 11.1. The first-order valence-corrected chi connectivity index (χ1v) is 7.32. The Bertz CT molecular complexity index is 478. The first-order chi connectivity index (χ1) is 7.95. The smallest absolute Gasteiger partial charge is 0.156 e. The molecule has 94 valence electrons. The average molecular weight is 253 g/mol. The summed E-state index contributed by atoms with van der Waals surface area (Å²) in [5.74, 6) is 0.0915. The molecule has 0 radical (unpaired) electrons. The Morgan fingerprint density at radius 2 is 2.12 bits per heavy atom. The summed E-state index contributed by atoms with van der Waals surface area (Å²) >= 11 is 0. The van der Waals surface area contributed by atoms with E-state index in [1.165, 1.54) is 0 Å². The predicted octanol–water partition coefficient (Wildman–Crippen LogP) is 2.61. The van der Waals surface area contributed by atoms with Crippen molar-refractivity contribution in [2.24, 2.45) is 0 Å². The minimum Gasteiger partial charge on any atom is -0.382 e. The van der Waals surface area contributed by atoms with Crippen molar-refractivity contribution in [2.75, 3.05) is 11.9 Å². The third kappa shape index (κ3) is 4.23. The van der Waals surface area contributed by atoms with E-state index in [0.29, 0.717) is 6.54 Å². The van der Waals surface area contributed by atoms with Crippen LogP contribution in [0.15, 0.2) is 36.9 Å². The molecule has 17 heavy (non-hydrogen) atoms. The van der Waals surface area contributed by atoms with Gasteiger partial charge >= 0.3 is 0 Å². The van der Waals surface area contributed by atoms with E-state index in [1.807, 2.05) is 24.3 Å². The molecule has 0 unspecified atom stereocenters. The van der Waals surface area contributed by atoms with Crippen molar-refractivity contribution < 1.29 is 8.42 Å². The van der Waals surface area contributed by atoms with E-state index in [1.54, 1.807) is 19.9 Å². The zero-order chi connectivity index (χ0) is 12.9. The Labute approximate surface area is 103 Å². The van der Waals surface area contributed by atoms with Crippen molar-refractivity contribution in [1.82, 2.24) is 0 Å². The minimum atomic E-state index is -3.04. The fourth-order valence-corrected chi connectivity index (χ4v) is 2.34. The summed E-state index contributed by atoms with van der Waals surface area (Å²) in [6.07, 6.45) is 1.76. The molecule has 1 rings (SSSR count). The molecule has 1 aromatic carbocycles. The molecule has 0 amide bonds. The quantitative estimate of drug-likeness (QED) is 0.793. The van der Waals surface area contributed by atoms with Crippen LogP contribution in [-0.2, 0) is 15.6 Å². The summed E-state index contributed by atoms with van der Waals surface area (Å²) in [6.45, 7) is 7.70. The maximum Gasteiger partial charge on any atom is 0.156 e. The molecular weight excluding hydrogens is 234 g/mol. The normalized spacial score (nSPS) is 11.5. The van der Waals surface area contributed by atoms with Crippen LogP contribution >= 0.6 is 0 Å². The van der Waals surface area contributed by atoms with Gasteiger partial charge in [0.2, 0.25) is 0 Å². The topological polar surface area (TPSA) is 46.2 Å². The summed E-state index contributed by atoms with van der Waals surface area (Å²) in [7, 11) is -3.04. The second kappa shape index (κ2) is 5.87. The predicted molar refractivity (Wildman–Crippen MR) is 72.9 cm³/mol. The molecule has 1 aromatic rings. The molecule has 0 heterocycles. The Morgan fingerprint density at radius 3 is 2.71 bits per heavy atom. The fourth-order valence-electron chi connectivity index (χ4n) is 1.36. The van der Waals surface area contributed by atoms with Gasteiger partial charge in [0, 0.05) is 12.2 Å². The number of benzene rings is 1. The molecule has 0 spiro atoms. The Morgan fingerprint density at radius 1 is 1.41 bits per heavy atom. The number of hydrogen-bond donors (Lipinski definition) is 1. The number of sulfone groups is 1. The molecule has 4 heteroatoms. The third-order valence-corrected chi connectivity index (χ3v) is 4.64. The standard InChI is InChI=1S/C13H19NO2S/c1-4-8-14-13-7-5-6-12(9-13)10-17(15,16)11(2)3/h4-7,9,11,14H,1,8,10H2,2-3H3. The third-order valence-electron chi connectivity index (χ3n) is 2.46. The van der Waals surface area contributed by atoms with E-state index in [9.17, 15) is 8.42 Å². The molecule has 0 saturated carbocycles. The van der Waals surface area contributed by atoms with Gasteiger partial charge in [-0.05, 0) is 31.5 Å². The zero-order valence-electron chi connectivity index (χ0n) is 10.3. The van der Waals surface area contributed by atoms with Gasteiger partial charge in [0.25, 0.3) is 0 Å². The minimum absolute atomic E-state index is 0.0915. The molecule has 0 fully saturated rings. The Kier molecular flexibility index (Phi) is 4.75. The summed E-state index contributed by atoms with van der Waals surface area (Å²) in [5, 5.41) is 2.80. The van der Waals surface area contributed by atoms with Crippen molar-refractivity contribution in [1.29, 1.82) is 0 Å². The monoisotopic (exact) mass is 253 g/mol. The Balaban J connectivity index is 2.82. The SMILES string of the molecule is C=CCNc1cccc(CS(=O)(=O)C(C)C)c1. The highest BCUT2D eigenvalue weighted by Crippen LogP contribution is 2.15. The molecule has 0 saturated heterocycles. The van der Waals surface area contributed by atoms with E-state index < -0.39 is 9.84 Å². The number of rotatable bonds is 6. The summed E-state index contributed by atoms with van der Waals surface area (Å²) < 4.78 is 23.6. The van der Waals surface area contributed by atoms with E-state index in [0.717, 1.165) is 11.3 Å². The number of nitrogens with one attached hydrogen (secondary N) is 1. The number of hydrogen-bond acceptors (Lipinski definition) is 3. The van der Waals surface area contributed by atoms with Crippen LogP contribution in [-0.4, -0.2) is 20.2 Å². The molecule has 0 aliphatic rings. The van der Waals surface area contributed by atoms with Crippen molar-refractivity contribution in [3.63, 3.8) is 0 Å². The second-order valence-electron chi connectivity index (χ2n) is 4.23. The molecule has 0 aromatic heterocycles. The molecule has 0 aliphatic carbocycles. The largest absolute Gasteiger partial charge is 0.382 e. The average Bonchev–Trinajstić information content (AvgIpc) is 2.26. The van der Waals surface area contributed by atoms with Gasteiger partial charge in [-0.15, -0.1) is 6.58 Å². The van der Waals surface area contributed by atoms with E-state index in [4.69, 9.17) is 0 Å². The number of anilines is 1. The van der Waals surface area contributed by atoms with Crippen LogP contribution in [0.3, 0.4) is 0 Å². The van der Waals surface area contributed by atoms with Crippen LogP contribution in [0.5, 0.6) is 0 Å². The van der Waals surface area contributed by atoms with Crippen molar-refractivity contribution in [3.8, 4) is 0 Å². The van der Waals surface area contributed by atoms with Gasteiger partial charge in [0.05, 0.1) is 11.0 Å². The highest BCUT2D eigenvalue weighted by molar-refractivity contribution is 7.91. The van der Waals surface area contributed by atoms with Gasteiger partial charge in [0.1, 0.15) is 0 Å². The van der Waals surface area contributed by atoms with Crippen LogP contribution < -0.4 is 5.32 Å². The highest BCUT2D eigenvalue weighted by Gasteiger charge is 2.16. The lowest BCUT2D eigenvalue weighted by atomic mass is 10.2. The van der Waals surface area contributed by atoms with Crippen LogP contribution in [0.1, 0.15) is 19.4 Å². The van der Waals surface area contributed by atoms with E-state index in [-0.39, 0.29) is 11.0 Å². The second-order valence-corrected chi connectivity index (χ2v) is 6.78. The van der Waals surface area contributed by atoms with E-state index in [2.05, 4.69) is 11.9 Å². The Hall–Kier alpha value is -1.29. The van der Waals surface area contributed by atoms with Crippen LogP contribution in [0.2, 0.25) is 0 Å². The summed E-state index contributed by atoms with van der Waals surface area (Å²) in [4.78, 5) is 0. The maximum atomic E-state index is 11.8. The summed E-state index contributed by atoms with van der Waals surface area (Å²) in [6, 6.07) is 7.47. The van der Waals surface area contributed by atoms with Gasteiger partial charge in [-0.3, -0.25) is 0 Å². The van der Waals surface area contributed by atoms with Crippen molar-refractivity contribution in [2.45, 2.75) is 24.9 Å². The van der Waals surface area contributed by atoms with Gasteiger partial charge in [-0.1, -0.05) is 18.2 Å². The van der Waals surface area contributed by atoms with Crippen LogP contribution in [0.25, 0.3) is 0 Å². The molecule has 1 N–H and O–H groups in total. The first-order valence-electron chi connectivity index (χ1n) is 5.61. The van der Waals surface area contributed by atoms with Gasteiger partial charge < -0.3 is 5.32 Å².